The quantitative estimate of drug-likeness (QED) is 0.788. The Bertz CT molecular complexity index is 728. The molecule has 0 aliphatic carbocycles. The fourth-order valence-electron chi connectivity index (χ4n) is 2.17. The second kappa shape index (κ2) is 5.70. The zero-order chi connectivity index (χ0) is 14.7. The summed E-state index contributed by atoms with van der Waals surface area (Å²) in [7, 11) is 1.60. The van der Waals surface area contributed by atoms with Gasteiger partial charge in [-0.05, 0) is 29.8 Å². The molecular weight excluding hydrogens is 260 g/mol. The van der Waals surface area contributed by atoms with Crippen LogP contribution in [0.25, 0.3) is 0 Å². The minimum absolute atomic E-state index is 0.103. The van der Waals surface area contributed by atoms with Gasteiger partial charge < -0.3 is 4.57 Å². The van der Waals surface area contributed by atoms with Gasteiger partial charge in [0.2, 0.25) is 0 Å². The second-order valence-electron chi connectivity index (χ2n) is 4.51. The van der Waals surface area contributed by atoms with E-state index in [-0.39, 0.29) is 17.5 Å². The molecule has 1 atom stereocenters. The Morgan fingerprint density at radius 1 is 1.30 bits per heavy atom. The van der Waals surface area contributed by atoms with Crippen LogP contribution in [-0.4, -0.2) is 4.57 Å². The lowest BCUT2D eigenvalue weighted by atomic mass is 9.89. The lowest BCUT2D eigenvalue weighted by Gasteiger charge is -2.16. The summed E-state index contributed by atoms with van der Waals surface area (Å²) < 4.78 is 28.6. The number of aryl methyl sites for hydroxylation is 1. The first kappa shape index (κ1) is 14.0. The van der Waals surface area contributed by atoms with Gasteiger partial charge >= 0.3 is 0 Å². The maximum Gasteiger partial charge on any atom is 0.254 e. The molecule has 2 aromatic rings. The Kier molecular flexibility index (Phi) is 3.99. The number of terminal acetylenes is 1. The molecule has 0 radical (unpaired) electrons. The molecule has 1 heterocycles. The van der Waals surface area contributed by atoms with Crippen LogP contribution in [0.4, 0.5) is 8.78 Å². The Labute approximate surface area is 115 Å². The number of halogens is 2. The van der Waals surface area contributed by atoms with E-state index in [0.29, 0.717) is 5.56 Å². The summed E-state index contributed by atoms with van der Waals surface area (Å²) in [5.41, 5.74) is 0.195. The predicted octanol–water partition coefficient (Wildman–Crippen LogP) is 2.82. The number of pyridine rings is 1. The summed E-state index contributed by atoms with van der Waals surface area (Å²) in [6.45, 7) is 0. The van der Waals surface area contributed by atoms with Crippen molar-refractivity contribution >= 4 is 0 Å². The summed E-state index contributed by atoms with van der Waals surface area (Å²) >= 11 is 0. The number of nitrogens with zero attached hydrogens (tertiary/aromatic N) is 1. The Morgan fingerprint density at radius 3 is 2.75 bits per heavy atom. The van der Waals surface area contributed by atoms with Crippen LogP contribution in [0.15, 0.2) is 41.3 Å². The van der Waals surface area contributed by atoms with E-state index in [1.807, 2.05) is 0 Å². The van der Waals surface area contributed by atoms with Crippen LogP contribution >= 0.6 is 0 Å². The van der Waals surface area contributed by atoms with Crippen molar-refractivity contribution in [3.05, 3.63) is 69.6 Å². The molecule has 0 aliphatic rings. The lowest BCUT2D eigenvalue weighted by molar-refractivity contribution is 0.574. The van der Waals surface area contributed by atoms with Crippen molar-refractivity contribution in [2.45, 2.75) is 12.3 Å². The SMILES string of the molecule is C#CCC(c1cc(F)ccc1F)c1cccn(C)c1=O. The minimum atomic E-state index is -0.657. The minimum Gasteiger partial charge on any atom is -0.318 e. The fourth-order valence-corrected chi connectivity index (χ4v) is 2.17. The molecule has 1 unspecified atom stereocenters. The van der Waals surface area contributed by atoms with Crippen LogP contribution in [0.1, 0.15) is 23.5 Å². The highest BCUT2D eigenvalue weighted by atomic mass is 19.1. The van der Waals surface area contributed by atoms with E-state index in [2.05, 4.69) is 5.92 Å². The van der Waals surface area contributed by atoms with Gasteiger partial charge in [0.1, 0.15) is 11.6 Å². The van der Waals surface area contributed by atoms with Crippen LogP contribution in [-0.2, 0) is 7.05 Å². The van der Waals surface area contributed by atoms with E-state index in [9.17, 15) is 13.6 Å². The first-order valence-corrected chi connectivity index (χ1v) is 6.08. The zero-order valence-electron chi connectivity index (χ0n) is 10.9. The number of benzene rings is 1. The Morgan fingerprint density at radius 2 is 2.05 bits per heavy atom. The smallest absolute Gasteiger partial charge is 0.254 e. The average molecular weight is 273 g/mol. The molecule has 1 aromatic carbocycles. The predicted molar refractivity (Wildman–Crippen MR) is 73.3 cm³/mol. The molecular formula is C16H13F2NO. The highest BCUT2D eigenvalue weighted by Gasteiger charge is 2.21. The molecule has 0 fully saturated rings. The van der Waals surface area contributed by atoms with Gasteiger partial charge in [-0.15, -0.1) is 12.3 Å². The molecule has 2 nitrogen and oxygen atoms in total. The summed E-state index contributed by atoms with van der Waals surface area (Å²) in [5, 5.41) is 0. The summed E-state index contributed by atoms with van der Waals surface area (Å²) in [6, 6.07) is 6.44. The van der Waals surface area contributed by atoms with Gasteiger partial charge in [-0.3, -0.25) is 4.79 Å². The lowest BCUT2D eigenvalue weighted by Crippen LogP contribution is -2.23. The van der Waals surface area contributed by atoms with E-state index >= 15 is 0 Å². The average Bonchev–Trinajstić information content (AvgIpc) is 2.43. The van der Waals surface area contributed by atoms with E-state index in [0.717, 1.165) is 18.2 Å². The van der Waals surface area contributed by atoms with Gasteiger partial charge in [0.25, 0.3) is 5.56 Å². The van der Waals surface area contributed by atoms with Crippen molar-refractivity contribution in [1.29, 1.82) is 0 Å². The highest BCUT2D eigenvalue weighted by molar-refractivity contribution is 5.34. The van der Waals surface area contributed by atoms with Gasteiger partial charge in [-0.25, -0.2) is 8.78 Å². The van der Waals surface area contributed by atoms with Crippen LogP contribution < -0.4 is 5.56 Å². The van der Waals surface area contributed by atoms with Gasteiger partial charge in [0.05, 0.1) is 0 Å². The molecule has 20 heavy (non-hydrogen) atoms. The number of aromatic nitrogens is 1. The third kappa shape index (κ3) is 2.62. The van der Waals surface area contributed by atoms with Crippen LogP contribution in [0.3, 0.4) is 0 Å². The van der Waals surface area contributed by atoms with Crippen molar-refractivity contribution in [1.82, 2.24) is 4.57 Å². The van der Waals surface area contributed by atoms with E-state index < -0.39 is 17.6 Å². The van der Waals surface area contributed by atoms with Gasteiger partial charge in [0.15, 0.2) is 0 Å². The molecule has 0 spiro atoms. The molecule has 1 aromatic heterocycles. The largest absolute Gasteiger partial charge is 0.318 e. The molecule has 0 saturated heterocycles. The van der Waals surface area contributed by atoms with Crippen molar-refractivity contribution in [2.75, 3.05) is 0 Å². The monoisotopic (exact) mass is 273 g/mol. The summed E-state index contributed by atoms with van der Waals surface area (Å²) in [6.07, 6.45) is 7.03. The fraction of sp³-hybridized carbons (Fsp3) is 0.188. The molecule has 0 amide bonds. The standard InChI is InChI=1S/C16H13F2NO/c1-3-5-12(13-6-4-9-19(2)16(13)20)14-10-11(17)7-8-15(14)18/h1,4,6-10,12H,5H2,2H3. The number of rotatable bonds is 3. The van der Waals surface area contributed by atoms with E-state index in [1.54, 1.807) is 25.4 Å². The second-order valence-corrected chi connectivity index (χ2v) is 4.51. The normalized spacial score (nSPS) is 11.9. The van der Waals surface area contributed by atoms with Gasteiger partial charge in [-0.2, -0.15) is 0 Å². The first-order chi connectivity index (χ1) is 9.54. The van der Waals surface area contributed by atoms with Gasteiger partial charge in [-0.1, -0.05) is 6.07 Å². The van der Waals surface area contributed by atoms with E-state index in [1.165, 1.54) is 4.57 Å². The van der Waals surface area contributed by atoms with Crippen molar-refractivity contribution < 1.29 is 8.78 Å². The number of hydrogen-bond donors (Lipinski definition) is 0. The Balaban J connectivity index is 2.63. The molecule has 102 valence electrons. The maximum absolute atomic E-state index is 13.9. The Hall–Kier alpha value is -2.41. The third-order valence-electron chi connectivity index (χ3n) is 3.18. The topological polar surface area (TPSA) is 22.0 Å². The van der Waals surface area contributed by atoms with Crippen molar-refractivity contribution in [2.24, 2.45) is 7.05 Å². The van der Waals surface area contributed by atoms with Gasteiger partial charge in [0, 0.05) is 31.1 Å². The summed E-state index contributed by atoms with van der Waals surface area (Å²) in [4.78, 5) is 12.1. The van der Waals surface area contributed by atoms with Crippen LogP contribution in [0, 0.1) is 24.0 Å². The highest BCUT2D eigenvalue weighted by Crippen LogP contribution is 2.28. The maximum atomic E-state index is 13.9. The first-order valence-electron chi connectivity index (χ1n) is 6.08. The molecule has 0 bridgehead atoms. The van der Waals surface area contributed by atoms with Crippen molar-refractivity contribution in [3.8, 4) is 12.3 Å². The van der Waals surface area contributed by atoms with Crippen LogP contribution in [0.2, 0.25) is 0 Å². The molecule has 0 aliphatic heterocycles. The molecule has 0 N–H and O–H groups in total. The van der Waals surface area contributed by atoms with Crippen LogP contribution in [0.5, 0.6) is 0 Å². The molecule has 2 rings (SSSR count). The molecule has 0 saturated carbocycles. The molecule has 4 heteroatoms. The zero-order valence-corrected chi connectivity index (χ0v) is 10.9. The third-order valence-corrected chi connectivity index (χ3v) is 3.18. The van der Waals surface area contributed by atoms with Crippen molar-refractivity contribution in [3.63, 3.8) is 0 Å². The summed E-state index contributed by atoms with van der Waals surface area (Å²) in [5.74, 6) is 0.633. The number of hydrogen-bond acceptors (Lipinski definition) is 1. The van der Waals surface area contributed by atoms with E-state index in [4.69, 9.17) is 6.42 Å².